The number of sulfonamides is 1. The average molecular weight is 339 g/mol. The molecule has 1 heterocycles. The summed E-state index contributed by atoms with van der Waals surface area (Å²) in [6.07, 6.45) is 5.02. The lowest BCUT2D eigenvalue weighted by Gasteiger charge is -2.15. The van der Waals surface area contributed by atoms with Crippen LogP contribution in [0, 0.1) is 5.92 Å². The molecule has 0 radical (unpaired) electrons. The van der Waals surface area contributed by atoms with Crippen LogP contribution in [0.15, 0.2) is 89.9 Å². The van der Waals surface area contributed by atoms with Crippen LogP contribution in [0.25, 0.3) is 0 Å². The number of hydrogen-bond donors (Lipinski definition) is 0. The van der Waals surface area contributed by atoms with E-state index < -0.39 is 10.0 Å². The van der Waals surface area contributed by atoms with Gasteiger partial charge in [-0.1, -0.05) is 72.8 Å². The highest BCUT2D eigenvalue weighted by atomic mass is 32.2. The first-order chi connectivity index (χ1) is 11.6. The molecule has 1 aliphatic rings. The predicted octanol–water partition coefficient (Wildman–Crippen LogP) is 3.66. The van der Waals surface area contributed by atoms with Crippen LogP contribution < -0.4 is 0 Å². The molecule has 1 atom stereocenters. The van der Waals surface area contributed by atoms with Crippen LogP contribution in [0.3, 0.4) is 0 Å². The van der Waals surface area contributed by atoms with Crippen molar-refractivity contribution in [3.63, 3.8) is 0 Å². The smallest absolute Gasteiger partial charge is 0.207 e. The molecule has 0 spiro atoms. The highest BCUT2D eigenvalue weighted by Gasteiger charge is 2.33. The Balaban J connectivity index is 1.68. The predicted molar refractivity (Wildman–Crippen MR) is 97.1 cm³/mol. The fraction of sp³-hybridized carbons (Fsp3) is 0.200. The van der Waals surface area contributed by atoms with Crippen molar-refractivity contribution in [2.45, 2.75) is 11.3 Å². The lowest BCUT2D eigenvalue weighted by Crippen LogP contribution is -2.28. The van der Waals surface area contributed by atoms with E-state index in [-0.39, 0.29) is 5.92 Å². The van der Waals surface area contributed by atoms with Gasteiger partial charge in [0.15, 0.2) is 0 Å². The molecule has 3 nitrogen and oxygen atoms in total. The summed E-state index contributed by atoms with van der Waals surface area (Å²) in [7, 11) is -3.44. The maximum Gasteiger partial charge on any atom is 0.243 e. The second kappa shape index (κ2) is 7.16. The summed E-state index contributed by atoms with van der Waals surface area (Å²) in [5, 5.41) is 0. The third-order valence-electron chi connectivity index (χ3n) is 4.25. The number of nitrogens with zero attached hydrogens (tertiary/aromatic N) is 1. The van der Waals surface area contributed by atoms with Gasteiger partial charge in [-0.3, -0.25) is 0 Å². The minimum atomic E-state index is -3.44. The van der Waals surface area contributed by atoms with Gasteiger partial charge in [0, 0.05) is 19.0 Å². The summed E-state index contributed by atoms with van der Waals surface area (Å²) >= 11 is 0. The molecule has 0 amide bonds. The lowest BCUT2D eigenvalue weighted by molar-refractivity contribution is 0.471. The normalized spacial score (nSPS) is 19.2. The Labute approximate surface area is 144 Å². The maximum atomic E-state index is 12.7. The lowest BCUT2D eigenvalue weighted by atomic mass is 10.0. The van der Waals surface area contributed by atoms with Crippen molar-refractivity contribution in [2.24, 2.45) is 5.92 Å². The monoisotopic (exact) mass is 339 g/mol. The molecular weight excluding hydrogens is 318 g/mol. The molecule has 2 aromatic rings. The molecule has 0 unspecified atom stereocenters. The number of allylic oxidation sites excluding steroid dienone is 1. The van der Waals surface area contributed by atoms with Gasteiger partial charge in [-0.25, -0.2) is 8.42 Å². The van der Waals surface area contributed by atoms with Crippen molar-refractivity contribution in [2.75, 3.05) is 13.1 Å². The van der Waals surface area contributed by atoms with Crippen LogP contribution in [-0.4, -0.2) is 25.8 Å². The Morgan fingerprint density at radius 1 is 1.04 bits per heavy atom. The number of benzene rings is 2. The van der Waals surface area contributed by atoms with Crippen molar-refractivity contribution in [1.29, 1.82) is 0 Å². The van der Waals surface area contributed by atoms with Crippen molar-refractivity contribution in [3.8, 4) is 0 Å². The van der Waals surface area contributed by atoms with E-state index in [2.05, 4.69) is 30.9 Å². The molecule has 24 heavy (non-hydrogen) atoms. The Bertz CT molecular complexity index is 826. The van der Waals surface area contributed by atoms with Crippen LogP contribution in [0.5, 0.6) is 0 Å². The van der Waals surface area contributed by atoms with Crippen molar-refractivity contribution < 1.29 is 8.42 Å². The van der Waals surface area contributed by atoms with Crippen LogP contribution in [0.2, 0.25) is 0 Å². The van der Waals surface area contributed by atoms with E-state index in [0.717, 1.165) is 12.0 Å². The first-order valence-corrected chi connectivity index (χ1v) is 9.45. The first kappa shape index (κ1) is 16.7. The Morgan fingerprint density at radius 2 is 1.67 bits per heavy atom. The molecule has 0 aromatic heterocycles. The molecule has 1 aliphatic heterocycles. The Kier molecular flexibility index (Phi) is 4.97. The fourth-order valence-electron chi connectivity index (χ4n) is 2.86. The van der Waals surface area contributed by atoms with E-state index in [1.54, 1.807) is 24.3 Å². The second-order valence-corrected chi connectivity index (χ2v) is 7.93. The largest absolute Gasteiger partial charge is 0.243 e. The van der Waals surface area contributed by atoms with Gasteiger partial charge in [0.2, 0.25) is 10.0 Å². The molecule has 0 aliphatic carbocycles. The van der Waals surface area contributed by atoms with Gasteiger partial charge in [0.25, 0.3) is 0 Å². The molecule has 1 saturated heterocycles. The average Bonchev–Trinajstić information content (AvgIpc) is 2.98. The molecule has 0 N–H and O–H groups in total. The van der Waals surface area contributed by atoms with E-state index in [4.69, 9.17) is 0 Å². The Hall–Kier alpha value is -2.17. The van der Waals surface area contributed by atoms with Gasteiger partial charge in [-0.15, -0.1) is 0 Å². The molecule has 3 rings (SSSR count). The van der Waals surface area contributed by atoms with Crippen LogP contribution in [0.4, 0.5) is 0 Å². The van der Waals surface area contributed by atoms with Crippen LogP contribution in [-0.2, 0) is 16.4 Å². The summed E-state index contributed by atoms with van der Waals surface area (Å²) in [4.78, 5) is 0.340. The SMILES string of the molecule is C=C1CN(S(=O)(=O)c2ccccc2)C[C@@H]1/C=C/Cc1ccccc1. The zero-order chi connectivity index (χ0) is 17.0. The molecule has 0 saturated carbocycles. The van der Waals surface area contributed by atoms with Crippen molar-refractivity contribution in [3.05, 3.63) is 90.5 Å². The third kappa shape index (κ3) is 3.66. The molecule has 2 aromatic carbocycles. The Morgan fingerprint density at radius 3 is 2.33 bits per heavy atom. The summed E-state index contributed by atoms with van der Waals surface area (Å²) in [5.41, 5.74) is 2.19. The van der Waals surface area contributed by atoms with E-state index in [9.17, 15) is 8.42 Å². The summed E-state index contributed by atoms with van der Waals surface area (Å²) in [6, 6.07) is 18.8. The fourth-order valence-corrected chi connectivity index (χ4v) is 4.35. The van der Waals surface area contributed by atoms with Gasteiger partial charge in [-0.2, -0.15) is 4.31 Å². The van der Waals surface area contributed by atoms with E-state index in [0.29, 0.717) is 18.0 Å². The molecule has 4 heteroatoms. The topological polar surface area (TPSA) is 37.4 Å². The first-order valence-electron chi connectivity index (χ1n) is 8.01. The third-order valence-corrected chi connectivity index (χ3v) is 6.08. The minimum Gasteiger partial charge on any atom is -0.207 e. The number of hydrogen-bond acceptors (Lipinski definition) is 2. The van der Waals surface area contributed by atoms with Crippen LogP contribution >= 0.6 is 0 Å². The molecular formula is C20H21NO2S. The van der Waals surface area contributed by atoms with Crippen LogP contribution in [0.1, 0.15) is 5.56 Å². The zero-order valence-corrected chi connectivity index (χ0v) is 14.3. The van der Waals surface area contributed by atoms with Gasteiger partial charge in [-0.05, 0) is 24.1 Å². The zero-order valence-electron chi connectivity index (χ0n) is 13.5. The van der Waals surface area contributed by atoms with Gasteiger partial charge in [0.05, 0.1) is 4.90 Å². The van der Waals surface area contributed by atoms with Gasteiger partial charge < -0.3 is 0 Å². The van der Waals surface area contributed by atoms with Gasteiger partial charge in [0.1, 0.15) is 0 Å². The second-order valence-electron chi connectivity index (χ2n) is 5.99. The minimum absolute atomic E-state index is 0.0761. The molecule has 124 valence electrons. The molecule has 0 bridgehead atoms. The summed E-state index contributed by atoms with van der Waals surface area (Å²) in [5.74, 6) is 0.0761. The summed E-state index contributed by atoms with van der Waals surface area (Å²) < 4.78 is 26.9. The van der Waals surface area contributed by atoms with E-state index in [1.165, 1.54) is 9.87 Å². The highest BCUT2D eigenvalue weighted by molar-refractivity contribution is 7.89. The molecule has 1 fully saturated rings. The van der Waals surface area contributed by atoms with E-state index in [1.807, 2.05) is 24.3 Å². The van der Waals surface area contributed by atoms with Crippen molar-refractivity contribution in [1.82, 2.24) is 4.31 Å². The standard InChI is InChI=1S/C20H21NO2S/c1-17-15-21(24(22,23)20-13-6-3-7-14-20)16-19(17)12-8-11-18-9-4-2-5-10-18/h2-10,12-14,19H,1,11,15-16H2/b12-8+/t19-/m0/s1. The quantitative estimate of drug-likeness (QED) is 0.780. The maximum absolute atomic E-state index is 12.7. The van der Waals surface area contributed by atoms with E-state index >= 15 is 0 Å². The summed E-state index contributed by atoms with van der Waals surface area (Å²) in [6.45, 7) is 4.91. The highest BCUT2D eigenvalue weighted by Crippen LogP contribution is 2.28. The van der Waals surface area contributed by atoms with Gasteiger partial charge >= 0.3 is 0 Å². The van der Waals surface area contributed by atoms with Crippen molar-refractivity contribution >= 4 is 10.0 Å². The number of rotatable bonds is 5.